The Labute approximate surface area is 127 Å². The SMILES string of the molecule is CC(N)c1nc(C(=O)N(Cc2cccnc2)C2CC2)cs1. The Kier molecular flexibility index (Phi) is 3.98. The van der Waals surface area contributed by atoms with Crippen LogP contribution in [0.15, 0.2) is 29.9 Å². The van der Waals surface area contributed by atoms with Gasteiger partial charge in [-0.3, -0.25) is 9.78 Å². The lowest BCUT2D eigenvalue weighted by Crippen LogP contribution is -2.33. The van der Waals surface area contributed by atoms with E-state index in [4.69, 9.17) is 5.73 Å². The van der Waals surface area contributed by atoms with Crippen LogP contribution in [0.4, 0.5) is 0 Å². The van der Waals surface area contributed by atoms with E-state index in [1.54, 1.807) is 17.8 Å². The zero-order chi connectivity index (χ0) is 14.8. The van der Waals surface area contributed by atoms with E-state index in [0.717, 1.165) is 23.4 Å². The molecule has 0 aliphatic heterocycles. The van der Waals surface area contributed by atoms with Gasteiger partial charge in [0.25, 0.3) is 5.91 Å². The fourth-order valence-electron chi connectivity index (χ4n) is 2.18. The molecule has 2 aromatic heterocycles. The Hall–Kier alpha value is -1.79. The summed E-state index contributed by atoms with van der Waals surface area (Å²) >= 11 is 1.45. The topological polar surface area (TPSA) is 72.1 Å². The van der Waals surface area contributed by atoms with Crippen LogP contribution in [0.2, 0.25) is 0 Å². The molecule has 2 aromatic rings. The van der Waals surface area contributed by atoms with Crippen molar-refractivity contribution in [1.29, 1.82) is 0 Å². The van der Waals surface area contributed by atoms with Crippen molar-refractivity contribution in [2.75, 3.05) is 0 Å². The Balaban J connectivity index is 1.78. The number of hydrogen-bond acceptors (Lipinski definition) is 5. The van der Waals surface area contributed by atoms with E-state index in [1.165, 1.54) is 11.3 Å². The third kappa shape index (κ3) is 3.28. The van der Waals surface area contributed by atoms with E-state index in [-0.39, 0.29) is 11.9 Å². The Morgan fingerprint density at radius 3 is 2.95 bits per heavy atom. The number of carbonyl (C=O) groups is 1. The lowest BCUT2D eigenvalue weighted by Gasteiger charge is -2.21. The molecule has 5 nitrogen and oxygen atoms in total. The van der Waals surface area contributed by atoms with Crippen LogP contribution < -0.4 is 5.73 Å². The van der Waals surface area contributed by atoms with Crippen LogP contribution in [0.3, 0.4) is 0 Å². The van der Waals surface area contributed by atoms with E-state index in [2.05, 4.69) is 9.97 Å². The summed E-state index contributed by atoms with van der Waals surface area (Å²) in [6.07, 6.45) is 5.67. The molecule has 2 heterocycles. The molecule has 1 aliphatic rings. The van der Waals surface area contributed by atoms with Crippen molar-refractivity contribution in [1.82, 2.24) is 14.9 Å². The van der Waals surface area contributed by atoms with E-state index < -0.39 is 0 Å². The van der Waals surface area contributed by atoms with Gasteiger partial charge < -0.3 is 10.6 Å². The first-order chi connectivity index (χ1) is 10.1. The second-order valence-electron chi connectivity index (χ2n) is 5.39. The highest BCUT2D eigenvalue weighted by atomic mass is 32.1. The van der Waals surface area contributed by atoms with E-state index in [9.17, 15) is 4.79 Å². The minimum atomic E-state index is -0.135. The van der Waals surface area contributed by atoms with Crippen LogP contribution in [0, 0.1) is 0 Å². The van der Waals surface area contributed by atoms with E-state index in [0.29, 0.717) is 18.3 Å². The summed E-state index contributed by atoms with van der Waals surface area (Å²) in [5.41, 5.74) is 7.36. The summed E-state index contributed by atoms with van der Waals surface area (Å²) < 4.78 is 0. The molecule has 6 heteroatoms. The van der Waals surface area contributed by atoms with Crippen LogP contribution in [0.1, 0.15) is 46.9 Å². The van der Waals surface area contributed by atoms with Crippen LogP contribution in [-0.2, 0) is 6.54 Å². The molecule has 1 atom stereocenters. The van der Waals surface area contributed by atoms with Gasteiger partial charge in [0.1, 0.15) is 10.7 Å². The van der Waals surface area contributed by atoms with Gasteiger partial charge in [0.05, 0.1) is 6.04 Å². The largest absolute Gasteiger partial charge is 0.330 e. The van der Waals surface area contributed by atoms with E-state index >= 15 is 0 Å². The lowest BCUT2D eigenvalue weighted by atomic mass is 10.2. The van der Waals surface area contributed by atoms with Crippen molar-refractivity contribution < 1.29 is 4.79 Å². The van der Waals surface area contributed by atoms with Gasteiger partial charge in [-0.25, -0.2) is 4.98 Å². The molecule has 3 rings (SSSR count). The van der Waals surface area contributed by atoms with Gasteiger partial charge in [0, 0.05) is 30.4 Å². The van der Waals surface area contributed by atoms with Crippen LogP contribution in [-0.4, -0.2) is 26.8 Å². The van der Waals surface area contributed by atoms with Gasteiger partial charge in [-0.15, -0.1) is 11.3 Å². The third-order valence-corrected chi connectivity index (χ3v) is 4.50. The van der Waals surface area contributed by atoms with Gasteiger partial charge in [-0.05, 0) is 31.4 Å². The minimum absolute atomic E-state index is 0.00972. The molecule has 1 amide bonds. The standard InChI is InChI=1S/C15H18N4OS/c1-10(16)14-18-13(9-21-14)15(20)19(12-4-5-12)8-11-3-2-6-17-7-11/h2-3,6-7,9-10,12H,4-5,8,16H2,1H3. The summed E-state index contributed by atoms with van der Waals surface area (Å²) in [7, 11) is 0. The number of amides is 1. The lowest BCUT2D eigenvalue weighted by molar-refractivity contribution is 0.0724. The molecule has 21 heavy (non-hydrogen) atoms. The van der Waals surface area contributed by atoms with Crippen molar-refractivity contribution >= 4 is 17.2 Å². The summed E-state index contributed by atoms with van der Waals surface area (Å²) in [5, 5.41) is 2.61. The van der Waals surface area contributed by atoms with Crippen molar-refractivity contribution in [2.45, 2.75) is 38.4 Å². The zero-order valence-corrected chi connectivity index (χ0v) is 12.7. The van der Waals surface area contributed by atoms with Crippen LogP contribution >= 0.6 is 11.3 Å². The van der Waals surface area contributed by atoms with Gasteiger partial charge >= 0.3 is 0 Å². The molecule has 1 aliphatic carbocycles. The number of carbonyl (C=O) groups excluding carboxylic acids is 1. The Bertz CT molecular complexity index is 622. The van der Waals surface area contributed by atoms with E-state index in [1.807, 2.05) is 24.0 Å². The van der Waals surface area contributed by atoms with Gasteiger partial charge in [0.15, 0.2) is 0 Å². The highest BCUT2D eigenvalue weighted by Gasteiger charge is 2.34. The molecule has 0 bridgehead atoms. The molecule has 2 N–H and O–H groups in total. The zero-order valence-electron chi connectivity index (χ0n) is 11.9. The molecule has 1 saturated carbocycles. The molecule has 110 valence electrons. The number of aromatic nitrogens is 2. The molecule has 0 radical (unpaired) electrons. The fourth-order valence-corrected chi connectivity index (χ4v) is 2.94. The smallest absolute Gasteiger partial charge is 0.273 e. The average molecular weight is 302 g/mol. The van der Waals surface area contributed by atoms with Crippen molar-refractivity contribution in [3.8, 4) is 0 Å². The molecule has 0 saturated heterocycles. The number of pyridine rings is 1. The summed E-state index contributed by atoms with van der Waals surface area (Å²) in [6.45, 7) is 2.46. The Morgan fingerprint density at radius 1 is 1.57 bits per heavy atom. The number of hydrogen-bond donors (Lipinski definition) is 1. The minimum Gasteiger partial charge on any atom is -0.330 e. The van der Waals surface area contributed by atoms with Crippen LogP contribution in [0.25, 0.3) is 0 Å². The maximum Gasteiger partial charge on any atom is 0.273 e. The molecule has 1 unspecified atom stereocenters. The van der Waals surface area contributed by atoms with Crippen molar-refractivity contribution in [3.05, 3.63) is 46.2 Å². The first kappa shape index (κ1) is 14.2. The van der Waals surface area contributed by atoms with Crippen molar-refractivity contribution in [3.63, 3.8) is 0 Å². The third-order valence-electron chi connectivity index (χ3n) is 3.45. The molecular formula is C15H18N4OS. The molecule has 0 aromatic carbocycles. The number of rotatable bonds is 5. The second kappa shape index (κ2) is 5.91. The molecule has 1 fully saturated rings. The van der Waals surface area contributed by atoms with Gasteiger partial charge in [0.2, 0.25) is 0 Å². The maximum absolute atomic E-state index is 12.7. The quantitative estimate of drug-likeness (QED) is 0.920. The fraction of sp³-hybridized carbons (Fsp3) is 0.400. The predicted octanol–water partition coefficient (Wildman–Crippen LogP) is 2.36. The average Bonchev–Trinajstić information content (AvgIpc) is 3.20. The monoisotopic (exact) mass is 302 g/mol. The number of thiazole rings is 1. The van der Waals surface area contributed by atoms with Gasteiger partial charge in [-0.1, -0.05) is 6.07 Å². The molecule has 0 spiro atoms. The normalized spacial score (nSPS) is 15.7. The number of nitrogens with zero attached hydrogens (tertiary/aromatic N) is 3. The first-order valence-corrected chi connectivity index (χ1v) is 7.94. The summed E-state index contributed by atoms with van der Waals surface area (Å²) in [4.78, 5) is 23.1. The number of nitrogens with two attached hydrogens (primary N) is 1. The van der Waals surface area contributed by atoms with Gasteiger partial charge in [-0.2, -0.15) is 0 Å². The first-order valence-electron chi connectivity index (χ1n) is 7.06. The van der Waals surface area contributed by atoms with Crippen LogP contribution in [0.5, 0.6) is 0 Å². The highest BCUT2D eigenvalue weighted by molar-refractivity contribution is 7.09. The summed E-state index contributed by atoms with van der Waals surface area (Å²) in [5.74, 6) is -0.00972. The summed E-state index contributed by atoms with van der Waals surface area (Å²) in [6, 6.07) is 4.08. The highest BCUT2D eigenvalue weighted by Crippen LogP contribution is 2.30. The maximum atomic E-state index is 12.7. The second-order valence-corrected chi connectivity index (χ2v) is 6.27. The Morgan fingerprint density at radius 2 is 2.38 bits per heavy atom. The molecular weight excluding hydrogens is 284 g/mol. The van der Waals surface area contributed by atoms with Crippen molar-refractivity contribution in [2.24, 2.45) is 5.73 Å². The predicted molar refractivity (Wildman–Crippen MR) is 81.8 cm³/mol.